The molecule has 0 saturated carbocycles. The van der Waals surface area contributed by atoms with Gasteiger partial charge in [0, 0.05) is 19.6 Å². The first kappa shape index (κ1) is 13.9. The van der Waals surface area contributed by atoms with Crippen molar-refractivity contribution in [2.45, 2.75) is 38.4 Å². The molecule has 0 spiro atoms. The average Bonchev–Trinajstić information content (AvgIpc) is 2.28. The van der Waals surface area contributed by atoms with Crippen LogP contribution in [0.5, 0.6) is 0 Å². The molecule has 0 N–H and O–H groups in total. The molecule has 3 heteroatoms. The largest absolute Gasteiger partial charge is 0.373 e. The fourth-order valence-electron chi connectivity index (χ4n) is 2.54. The van der Waals surface area contributed by atoms with Crippen LogP contribution in [0.4, 0.5) is 0 Å². The van der Waals surface area contributed by atoms with Crippen LogP contribution in [-0.2, 0) is 4.74 Å². The minimum Gasteiger partial charge on any atom is -0.373 e. The number of aryl methyl sites for hydroxylation is 1. The van der Waals surface area contributed by atoms with Crippen molar-refractivity contribution in [3.8, 4) is 0 Å². The summed E-state index contributed by atoms with van der Waals surface area (Å²) in [6.07, 6.45) is 0.603. The lowest BCUT2D eigenvalue weighted by Gasteiger charge is -2.36. The molecule has 2 nitrogen and oxygen atoms in total. The van der Waals surface area contributed by atoms with E-state index in [9.17, 15) is 0 Å². The molecule has 3 atom stereocenters. The summed E-state index contributed by atoms with van der Waals surface area (Å²) >= 11 is 6.50. The minimum absolute atomic E-state index is 0.0584. The summed E-state index contributed by atoms with van der Waals surface area (Å²) in [7, 11) is 0. The van der Waals surface area contributed by atoms with Crippen LogP contribution in [-0.4, -0.2) is 36.7 Å². The number of morpholine rings is 1. The number of benzene rings is 1. The van der Waals surface area contributed by atoms with E-state index in [0.29, 0.717) is 12.2 Å². The van der Waals surface area contributed by atoms with Gasteiger partial charge >= 0.3 is 0 Å². The van der Waals surface area contributed by atoms with Crippen LogP contribution in [0, 0.1) is 6.92 Å². The highest BCUT2D eigenvalue weighted by molar-refractivity contribution is 6.21. The molecule has 100 valence electrons. The average molecular weight is 268 g/mol. The Hall–Kier alpha value is -0.570. The van der Waals surface area contributed by atoms with Gasteiger partial charge in [-0.15, -0.1) is 11.6 Å². The lowest BCUT2D eigenvalue weighted by molar-refractivity contribution is -0.0678. The SMILES string of the molecule is Cc1ccc(C(Cl)CN2CC(C)OC(C)C2)cc1. The number of nitrogens with zero attached hydrogens (tertiary/aromatic N) is 1. The van der Waals surface area contributed by atoms with Gasteiger partial charge in [0.15, 0.2) is 0 Å². The highest BCUT2D eigenvalue weighted by atomic mass is 35.5. The van der Waals surface area contributed by atoms with Crippen molar-refractivity contribution in [3.05, 3.63) is 35.4 Å². The molecule has 0 aliphatic carbocycles. The van der Waals surface area contributed by atoms with Crippen molar-refractivity contribution in [2.24, 2.45) is 0 Å². The van der Waals surface area contributed by atoms with Crippen molar-refractivity contribution in [3.63, 3.8) is 0 Å². The highest BCUT2D eigenvalue weighted by Crippen LogP contribution is 2.23. The Balaban J connectivity index is 1.94. The van der Waals surface area contributed by atoms with E-state index in [0.717, 1.165) is 19.6 Å². The predicted molar refractivity (Wildman–Crippen MR) is 76.2 cm³/mol. The zero-order valence-electron chi connectivity index (χ0n) is 11.4. The normalized spacial score (nSPS) is 27.1. The van der Waals surface area contributed by atoms with E-state index in [-0.39, 0.29) is 5.38 Å². The molecule has 1 aliphatic rings. The Morgan fingerprint density at radius 1 is 1.22 bits per heavy atom. The first-order chi connectivity index (χ1) is 8.54. The van der Waals surface area contributed by atoms with Crippen LogP contribution in [0.15, 0.2) is 24.3 Å². The van der Waals surface area contributed by atoms with Gasteiger partial charge in [0.05, 0.1) is 17.6 Å². The second-order valence-corrected chi connectivity index (χ2v) is 5.88. The van der Waals surface area contributed by atoms with Gasteiger partial charge in [-0.25, -0.2) is 0 Å². The maximum absolute atomic E-state index is 6.50. The van der Waals surface area contributed by atoms with Gasteiger partial charge in [-0.1, -0.05) is 29.8 Å². The summed E-state index contributed by atoms with van der Waals surface area (Å²) in [5, 5.41) is 0.0584. The third-order valence-corrected chi connectivity index (χ3v) is 3.74. The minimum atomic E-state index is 0.0584. The zero-order valence-corrected chi connectivity index (χ0v) is 12.2. The molecule has 1 fully saturated rings. The van der Waals surface area contributed by atoms with E-state index in [1.165, 1.54) is 11.1 Å². The quantitative estimate of drug-likeness (QED) is 0.779. The number of ether oxygens (including phenoxy) is 1. The molecule has 1 heterocycles. The number of halogens is 1. The van der Waals surface area contributed by atoms with E-state index in [1.54, 1.807) is 0 Å². The van der Waals surface area contributed by atoms with Gasteiger partial charge in [-0.3, -0.25) is 4.90 Å². The summed E-state index contributed by atoms with van der Waals surface area (Å²) in [5.74, 6) is 0. The number of alkyl halides is 1. The number of rotatable bonds is 3. The Morgan fingerprint density at radius 2 is 1.78 bits per heavy atom. The van der Waals surface area contributed by atoms with E-state index < -0.39 is 0 Å². The van der Waals surface area contributed by atoms with Gasteiger partial charge in [0.25, 0.3) is 0 Å². The Morgan fingerprint density at radius 3 is 2.33 bits per heavy atom. The molecule has 0 bridgehead atoms. The summed E-state index contributed by atoms with van der Waals surface area (Å²) in [6, 6.07) is 8.49. The van der Waals surface area contributed by atoms with Gasteiger partial charge < -0.3 is 4.74 Å². The molecule has 1 saturated heterocycles. The van der Waals surface area contributed by atoms with Gasteiger partial charge in [0.1, 0.15) is 0 Å². The first-order valence-electron chi connectivity index (χ1n) is 6.63. The van der Waals surface area contributed by atoms with Crippen molar-refractivity contribution in [1.82, 2.24) is 4.90 Å². The van der Waals surface area contributed by atoms with Crippen LogP contribution in [0.25, 0.3) is 0 Å². The molecular weight excluding hydrogens is 246 g/mol. The second kappa shape index (κ2) is 6.05. The van der Waals surface area contributed by atoms with Crippen LogP contribution < -0.4 is 0 Å². The van der Waals surface area contributed by atoms with E-state index in [2.05, 4.69) is 49.9 Å². The predicted octanol–water partition coefficient (Wildman–Crippen LogP) is 3.38. The maximum atomic E-state index is 6.50. The molecule has 1 aromatic carbocycles. The molecule has 3 unspecified atom stereocenters. The molecular formula is C15H22ClNO. The van der Waals surface area contributed by atoms with E-state index in [1.807, 2.05) is 0 Å². The first-order valence-corrected chi connectivity index (χ1v) is 7.06. The van der Waals surface area contributed by atoms with Crippen LogP contribution in [0.1, 0.15) is 30.4 Å². The van der Waals surface area contributed by atoms with E-state index in [4.69, 9.17) is 16.3 Å². The van der Waals surface area contributed by atoms with Crippen LogP contribution >= 0.6 is 11.6 Å². The Kier molecular flexibility index (Phi) is 4.66. The fraction of sp³-hybridized carbons (Fsp3) is 0.600. The van der Waals surface area contributed by atoms with Crippen molar-refractivity contribution in [1.29, 1.82) is 0 Å². The molecule has 0 radical (unpaired) electrons. The third-order valence-electron chi connectivity index (χ3n) is 3.35. The molecule has 0 aromatic heterocycles. The number of hydrogen-bond donors (Lipinski definition) is 0. The summed E-state index contributed by atoms with van der Waals surface area (Å²) < 4.78 is 5.73. The molecule has 1 aromatic rings. The topological polar surface area (TPSA) is 12.5 Å². The van der Waals surface area contributed by atoms with Crippen LogP contribution in [0.2, 0.25) is 0 Å². The highest BCUT2D eigenvalue weighted by Gasteiger charge is 2.24. The van der Waals surface area contributed by atoms with Gasteiger partial charge in [-0.2, -0.15) is 0 Å². The standard InChI is InChI=1S/C15H22ClNO/c1-11-4-6-14(7-5-11)15(16)10-17-8-12(2)18-13(3)9-17/h4-7,12-13,15H,8-10H2,1-3H3. The molecule has 18 heavy (non-hydrogen) atoms. The lowest BCUT2D eigenvalue weighted by atomic mass is 10.1. The van der Waals surface area contributed by atoms with Gasteiger partial charge in [0.2, 0.25) is 0 Å². The molecule has 2 rings (SSSR count). The molecule has 1 aliphatic heterocycles. The summed E-state index contributed by atoms with van der Waals surface area (Å²) in [6.45, 7) is 9.18. The lowest BCUT2D eigenvalue weighted by Crippen LogP contribution is -2.46. The van der Waals surface area contributed by atoms with Gasteiger partial charge in [-0.05, 0) is 26.3 Å². The van der Waals surface area contributed by atoms with E-state index >= 15 is 0 Å². The Labute approximate surface area is 115 Å². The summed E-state index contributed by atoms with van der Waals surface area (Å²) in [5.41, 5.74) is 2.48. The molecule has 0 amide bonds. The second-order valence-electron chi connectivity index (χ2n) is 5.35. The number of hydrogen-bond acceptors (Lipinski definition) is 2. The summed E-state index contributed by atoms with van der Waals surface area (Å²) in [4.78, 5) is 2.40. The zero-order chi connectivity index (χ0) is 13.1. The van der Waals surface area contributed by atoms with Crippen LogP contribution in [0.3, 0.4) is 0 Å². The smallest absolute Gasteiger partial charge is 0.0712 e. The Bertz CT molecular complexity index is 369. The van der Waals surface area contributed by atoms with Crippen molar-refractivity contribution in [2.75, 3.05) is 19.6 Å². The monoisotopic (exact) mass is 267 g/mol. The maximum Gasteiger partial charge on any atom is 0.0712 e. The van der Waals surface area contributed by atoms with Crippen molar-refractivity contribution >= 4 is 11.6 Å². The fourth-order valence-corrected chi connectivity index (χ4v) is 2.88. The third kappa shape index (κ3) is 3.71. The van der Waals surface area contributed by atoms with Crippen molar-refractivity contribution < 1.29 is 4.74 Å².